The molecule has 0 aliphatic heterocycles. The molecule has 0 fully saturated rings. The van der Waals surface area contributed by atoms with Crippen LogP contribution in [0.5, 0.6) is 0 Å². The normalized spacial score (nSPS) is 17.5. The molecule has 0 heterocycles. The average Bonchev–Trinajstić information content (AvgIpc) is 2.40. The molecular formula is C12H11ClO. The lowest BCUT2D eigenvalue weighted by atomic mass is 9.87. The van der Waals surface area contributed by atoms with Crippen LogP contribution in [0.3, 0.4) is 0 Å². The van der Waals surface area contributed by atoms with Crippen LogP contribution in [0.15, 0.2) is 30.3 Å². The van der Waals surface area contributed by atoms with E-state index >= 15 is 0 Å². The second-order valence-electron chi connectivity index (χ2n) is 4.10. The fraction of sp³-hybridized carbons (Fsp3) is 0.250. The molecule has 1 aromatic rings. The molecule has 0 atom stereocenters. The summed E-state index contributed by atoms with van der Waals surface area (Å²) >= 11 is 5.53. The lowest BCUT2D eigenvalue weighted by Gasteiger charge is -2.16. The van der Waals surface area contributed by atoms with Crippen molar-refractivity contribution >= 4 is 22.4 Å². The van der Waals surface area contributed by atoms with Crippen molar-refractivity contribution in [2.45, 2.75) is 19.3 Å². The van der Waals surface area contributed by atoms with E-state index in [-0.39, 0.29) is 10.7 Å². The molecule has 72 valence electrons. The Bertz CT molecular complexity index is 430. The van der Waals surface area contributed by atoms with E-state index in [1.54, 1.807) is 0 Å². The number of benzene rings is 1. The van der Waals surface area contributed by atoms with Gasteiger partial charge in [-0.25, -0.2) is 0 Å². The van der Waals surface area contributed by atoms with Crippen LogP contribution < -0.4 is 0 Å². The van der Waals surface area contributed by atoms with Crippen molar-refractivity contribution in [1.82, 2.24) is 0 Å². The molecule has 0 saturated carbocycles. The molecule has 0 N–H and O–H groups in total. The number of allylic oxidation sites excluding steroid dienone is 2. The Morgan fingerprint density at radius 3 is 2.57 bits per heavy atom. The minimum absolute atomic E-state index is 0.0868. The lowest BCUT2D eigenvalue weighted by molar-refractivity contribution is -0.106. The predicted molar refractivity (Wildman–Crippen MR) is 58.3 cm³/mol. The van der Waals surface area contributed by atoms with Gasteiger partial charge in [-0.1, -0.05) is 44.2 Å². The second kappa shape index (κ2) is 2.96. The lowest BCUT2D eigenvalue weighted by Crippen LogP contribution is -2.10. The predicted octanol–water partition coefficient (Wildman–Crippen LogP) is 3.13. The standard InChI is InChI=1S/C12H11ClO/c1-12(2)7-9(11(13)14)8-5-3-4-6-10(8)12/h3-7H,1-2H3. The van der Waals surface area contributed by atoms with Crippen LogP contribution in [0.2, 0.25) is 0 Å². The Kier molecular flexibility index (Phi) is 2.00. The maximum Gasteiger partial charge on any atom is 0.252 e. The highest BCUT2D eigenvalue weighted by Gasteiger charge is 2.31. The van der Waals surface area contributed by atoms with E-state index in [4.69, 9.17) is 11.6 Å². The number of hydrogen-bond acceptors (Lipinski definition) is 1. The maximum atomic E-state index is 11.2. The van der Waals surface area contributed by atoms with Gasteiger partial charge in [0.2, 0.25) is 0 Å². The van der Waals surface area contributed by atoms with E-state index in [2.05, 4.69) is 13.8 Å². The quantitative estimate of drug-likeness (QED) is 0.646. The molecule has 0 bridgehead atoms. The first kappa shape index (κ1) is 9.47. The maximum absolute atomic E-state index is 11.2. The summed E-state index contributed by atoms with van der Waals surface area (Å²) in [5.41, 5.74) is 2.69. The number of fused-ring (bicyclic) bond motifs is 1. The number of carbonyl (C=O) groups is 1. The third kappa shape index (κ3) is 1.28. The minimum Gasteiger partial charge on any atom is -0.276 e. The zero-order valence-electron chi connectivity index (χ0n) is 8.17. The molecule has 0 radical (unpaired) electrons. The molecule has 0 aromatic heterocycles. The van der Waals surface area contributed by atoms with Crippen molar-refractivity contribution in [3.8, 4) is 0 Å². The first-order valence-electron chi connectivity index (χ1n) is 4.55. The molecule has 0 saturated heterocycles. The average molecular weight is 207 g/mol. The van der Waals surface area contributed by atoms with Gasteiger partial charge in [0.1, 0.15) is 0 Å². The molecule has 0 amide bonds. The summed E-state index contributed by atoms with van der Waals surface area (Å²) in [5.74, 6) is 0. The van der Waals surface area contributed by atoms with Gasteiger partial charge in [0.15, 0.2) is 0 Å². The molecular weight excluding hydrogens is 196 g/mol. The van der Waals surface area contributed by atoms with Crippen molar-refractivity contribution in [2.75, 3.05) is 0 Å². The van der Waals surface area contributed by atoms with E-state index in [9.17, 15) is 4.79 Å². The van der Waals surface area contributed by atoms with Crippen LogP contribution in [0.1, 0.15) is 25.0 Å². The smallest absolute Gasteiger partial charge is 0.252 e. The van der Waals surface area contributed by atoms with Crippen molar-refractivity contribution in [2.24, 2.45) is 0 Å². The summed E-state index contributed by atoms with van der Waals surface area (Å²) < 4.78 is 0. The molecule has 2 rings (SSSR count). The molecule has 1 aromatic carbocycles. The van der Waals surface area contributed by atoms with E-state index in [1.165, 1.54) is 5.56 Å². The first-order chi connectivity index (χ1) is 6.52. The van der Waals surface area contributed by atoms with E-state index in [1.807, 2.05) is 30.3 Å². The Hall–Kier alpha value is -1.08. The van der Waals surface area contributed by atoms with Crippen LogP contribution in [0.25, 0.3) is 5.57 Å². The van der Waals surface area contributed by atoms with Gasteiger partial charge in [-0.3, -0.25) is 4.79 Å². The summed E-state index contributed by atoms with van der Waals surface area (Å²) in [5, 5.41) is -0.372. The SMILES string of the molecule is CC1(C)C=C(C(=O)Cl)c2ccccc21. The summed E-state index contributed by atoms with van der Waals surface area (Å²) in [7, 11) is 0. The molecule has 1 aliphatic rings. The van der Waals surface area contributed by atoms with Gasteiger partial charge >= 0.3 is 0 Å². The summed E-state index contributed by atoms with van der Waals surface area (Å²) in [6, 6.07) is 7.89. The van der Waals surface area contributed by atoms with E-state index in [0.717, 1.165) is 5.56 Å². The van der Waals surface area contributed by atoms with E-state index in [0.29, 0.717) is 5.57 Å². The molecule has 1 nitrogen and oxygen atoms in total. The highest BCUT2D eigenvalue weighted by Crippen LogP contribution is 2.40. The van der Waals surface area contributed by atoms with Crippen molar-refractivity contribution in [3.63, 3.8) is 0 Å². The first-order valence-corrected chi connectivity index (χ1v) is 4.93. The molecule has 0 unspecified atom stereocenters. The molecule has 14 heavy (non-hydrogen) atoms. The van der Waals surface area contributed by atoms with Crippen LogP contribution >= 0.6 is 11.6 Å². The molecule has 0 spiro atoms. The van der Waals surface area contributed by atoms with Gasteiger partial charge in [-0.15, -0.1) is 0 Å². The molecule has 1 aliphatic carbocycles. The zero-order valence-corrected chi connectivity index (χ0v) is 8.93. The second-order valence-corrected chi connectivity index (χ2v) is 4.44. The number of carbonyl (C=O) groups excluding carboxylic acids is 1. The fourth-order valence-electron chi connectivity index (χ4n) is 1.96. The third-order valence-electron chi connectivity index (χ3n) is 2.63. The fourth-order valence-corrected chi connectivity index (χ4v) is 2.12. The summed E-state index contributed by atoms with van der Waals surface area (Å²) in [4.78, 5) is 11.2. The summed E-state index contributed by atoms with van der Waals surface area (Å²) in [6.45, 7) is 4.16. The van der Waals surface area contributed by atoms with Crippen molar-refractivity contribution in [3.05, 3.63) is 41.5 Å². The van der Waals surface area contributed by atoms with Gasteiger partial charge in [-0.05, 0) is 22.7 Å². The van der Waals surface area contributed by atoms with Gasteiger partial charge in [0.25, 0.3) is 5.24 Å². The zero-order chi connectivity index (χ0) is 10.3. The van der Waals surface area contributed by atoms with Gasteiger partial charge in [0, 0.05) is 11.0 Å². The van der Waals surface area contributed by atoms with Gasteiger partial charge in [-0.2, -0.15) is 0 Å². The third-order valence-corrected chi connectivity index (χ3v) is 2.83. The number of hydrogen-bond donors (Lipinski definition) is 0. The highest BCUT2D eigenvalue weighted by atomic mass is 35.5. The monoisotopic (exact) mass is 206 g/mol. The topological polar surface area (TPSA) is 17.1 Å². The summed E-state index contributed by atoms with van der Waals surface area (Å²) in [6.07, 6.45) is 1.94. The Morgan fingerprint density at radius 2 is 1.93 bits per heavy atom. The van der Waals surface area contributed by atoms with Gasteiger partial charge < -0.3 is 0 Å². The van der Waals surface area contributed by atoms with E-state index < -0.39 is 0 Å². The Balaban J connectivity index is 2.66. The van der Waals surface area contributed by atoms with Crippen LogP contribution in [-0.2, 0) is 10.2 Å². The van der Waals surface area contributed by atoms with Crippen LogP contribution in [0, 0.1) is 0 Å². The minimum atomic E-state index is -0.372. The Labute approximate surface area is 88.4 Å². The Morgan fingerprint density at radius 1 is 1.29 bits per heavy atom. The van der Waals surface area contributed by atoms with Crippen molar-refractivity contribution < 1.29 is 4.79 Å². The number of halogens is 1. The number of rotatable bonds is 1. The highest BCUT2D eigenvalue weighted by molar-refractivity contribution is 6.74. The molecule has 2 heteroatoms. The van der Waals surface area contributed by atoms with Gasteiger partial charge in [0.05, 0.1) is 0 Å². The van der Waals surface area contributed by atoms with Crippen molar-refractivity contribution in [1.29, 1.82) is 0 Å². The largest absolute Gasteiger partial charge is 0.276 e. The van der Waals surface area contributed by atoms with Crippen LogP contribution in [0.4, 0.5) is 0 Å². The van der Waals surface area contributed by atoms with Crippen LogP contribution in [-0.4, -0.2) is 5.24 Å².